The van der Waals surface area contributed by atoms with Crippen LogP contribution in [0.25, 0.3) is 10.9 Å². The predicted octanol–water partition coefficient (Wildman–Crippen LogP) is 2.94. The van der Waals surface area contributed by atoms with E-state index in [-0.39, 0.29) is 11.4 Å². The van der Waals surface area contributed by atoms with Gasteiger partial charge < -0.3 is 10.1 Å². The molecular weight excluding hydrogens is 213 g/mol. The number of phenols is 1. The Morgan fingerprint density at radius 3 is 2.69 bits per heavy atom. The van der Waals surface area contributed by atoms with Gasteiger partial charge in [0.25, 0.3) is 0 Å². The van der Waals surface area contributed by atoms with Crippen LogP contribution in [0.2, 0.25) is 0 Å². The van der Waals surface area contributed by atoms with E-state index in [2.05, 4.69) is 9.93 Å². The van der Waals surface area contributed by atoms with Crippen LogP contribution >= 0.6 is 0 Å². The van der Waals surface area contributed by atoms with Gasteiger partial charge in [0.15, 0.2) is 0 Å². The van der Waals surface area contributed by atoms with Crippen molar-refractivity contribution < 1.29 is 19.4 Å². The number of carbonyl (C=O) groups excluding carboxylic acids is 1. The first-order valence-electron chi connectivity index (χ1n) is 4.85. The summed E-state index contributed by atoms with van der Waals surface area (Å²) in [5, 5.41) is 9.75. The SMILES string of the molecule is CC.O=C(OF)c1cc2cc(O)ccc2[nH]1. The van der Waals surface area contributed by atoms with E-state index in [0.717, 1.165) is 0 Å². The quantitative estimate of drug-likeness (QED) is 0.784. The summed E-state index contributed by atoms with van der Waals surface area (Å²) in [6.07, 6.45) is 0. The third-order valence-electron chi connectivity index (χ3n) is 1.89. The van der Waals surface area contributed by atoms with E-state index in [9.17, 15) is 9.32 Å². The van der Waals surface area contributed by atoms with Crippen molar-refractivity contribution >= 4 is 16.9 Å². The summed E-state index contributed by atoms with van der Waals surface area (Å²) in [5.74, 6) is -1.00. The number of phenolic OH excluding ortho intramolecular Hbond substituents is 1. The Balaban J connectivity index is 0.000000606. The second-order valence-corrected chi connectivity index (χ2v) is 2.82. The maximum Gasteiger partial charge on any atom is 0.395 e. The molecule has 0 fully saturated rings. The first kappa shape index (κ1) is 12.0. The molecule has 0 radical (unpaired) electrons. The fourth-order valence-corrected chi connectivity index (χ4v) is 1.27. The summed E-state index contributed by atoms with van der Waals surface area (Å²) in [7, 11) is 0. The fourth-order valence-electron chi connectivity index (χ4n) is 1.27. The molecule has 2 N–H and O–H groups in total. The van der Waals surface area contributed by atoms with E-state index in [4.69, 9.17) is 5.11 Å². The highest BCUT2D eigenvalue weighted by molar-refractivity contribution is 5.94. The highest BCUT2D eigenvalue weighted by atomic mass is 19.3. The second kappa shape index (κ2) is 5.16. The molecule has 0 aliphatic heterocycles. The number of hydrogen-bond acceptors (Lipinski definition) is 3. The molecule has 0 saturated carbocycles. The molecular formula is C11H12FNO3. The lowest BCUT2D eigenvalue weighted by Crippen LogP contribution is -1.97. The average molecular weight is 225 g/mol. The van der Waals surface area contributed by atoms with E-state index >= 15 is 0 Å². The average Bonchev–Trinajstić information content (AvgIpc) is 2.73. The van der Waals surface area contributed by atoms with Crippen molar-refractivity contribution in [2.24, 2.45) is 0 Å². The summed E-state index contributed by atoms with van der Waals surface area (Å²) >= 11 is 0. The number of H-pyrrole nitrogens is 1. The molecule has 16 heavy (non-hydrogen) atoms. The van der Waals surface area contributed by atoms with Crippen LogP contribution < -0.4 is 0 Å². The van der Waals surface area contributed by atoms with Gasteiger partial charge in [-0.2, -0.15) is 0 Å². The van der Waals surface area contributed by atoms with Gasteiger partial charge in [-0.3, -0.25) is 0 Å². The largest absolute Gasteiger partial charge is 0.508 e. The zero-order valence-electron chi connectivity index (χ0n) is 8.95. The van der Waals surface area contributed by atoms with Gasteiger partial charge in [-0.05, 0) is 24.3 Å². The Morgan fingerprint density at radius 2 is 2.06 bits per heavy atom. The van der Waals surface area contributed by atoms with Crippen molar-refractivity contribution in [3.8, 4) is 5.75 Å². The van der Waals surface area contributed by atoms with Crippen LogP contribution in [0.4, 0.5) is 4.53 Å². The van der Waals surface area contributed by atoms with Crippen molar-refractivity contribution in [1.29, 1.82) is 0 Å². The Morgan fingerprint density at radius 1 is 1.38 bits per heavy atom. The molecule has 0 unspecified atom stereocenters. The van der Waals surface area contributed by atoms with Gasteiger partial charge in [0, 0.05) is 15.4 Å². The number of fused-ring (bicyclic) bond motifs is 1. The number of benzene rings is 1. The Hall–Kier alpha value is -2.04. The molecule has 4 nitrogen and oxygen atoms in total. The van der Waals surface area contributed by atoms with Crippen LogP contribution in [0.3, 0.4) is 0 Å². The fraction of sp³-hybridized carbons (Fsp3) is 0.182. The highest BCUT2D eigenvalue weighted by Gasteiger charge is 2.11. The number of hydrogen-bond donors (Lipinski definition) is 2. The number of halogens is 1. The minimum atomic E-state index is -1.08. The first-order valence-corrected chi connectivity index (χ1v) is 4.85. The van der Waals surface area contributed by atoms with Gasteiger partial charge in [-0.15, -0.1) is 0 Å². The molecule has 0 spiro atoms. The van der Waals surface area contributed by atoms with Crippen molar-refractivity contribution in [3.05, 3.63) is 30.0 Å². The number of rotatable bonds is 1. The summed E-state index contributed by atoms with van der Waals surface area (Å²) in [6.45, 7) is 4.00. The van der Waals surface area contributed by atoms with Gasteiger partial charge in [-0.25, -0.2) is 9.74 Å². The highest BCUT2D eigenvalue weighted by Crippen LogP contribution is 2.20. The van der Waals surface area contributed by atoms with Gasteiger partial charge in [0.1, 0.15) is 11.4 Å². The lowest BCUT2D eigenvalue weighted by atomic mass is 10.2. The van der Waals surface area contributed by atoms with Crippen LogP contribution in [0.5, 0.6) is 5.75 Å². The maximum absolute atomic E-state index is 11.6. The normalized spacial score (nSPS) is 9.44. The summed E-state index contributed by atoms with van der Waals surface area (Å²) < 4.78 is 11.6. The Labute approximate surface area is 91.6 Å². The van der Waals surface area contributed by atoms with Gasteiger partial charge in [-0.1, -0.05) is 13.8 Å². The van der Waals surface area contributed by atoms with Gasteiger partial charge in [0.2, 0.25) is 0 Å². The molecule has 0 aliphatic rings. The minimum absolute atomic E-state index is 0.00750. The van der Waals surface area contributed by atoms with Crippen molar-refractivity contribution in [1.82, 2.24) is 4.98 Å². The molecule has 5 heteroatoms. The number of aromatic hydroxyl groups is 1. The van der Waals surface area contributed by atoms with Crippen LogP contribution in [-0.4, -0.2) is 16.1 Å². The number of nitrogens with one attached hydrogen (secondary N) is 1. The van der Waals surface area contributed by atoms with E-state index in [1.165, 1.54) is 18.2 Å². The van der Waals surface area contributed by atoms with Crippen LogP contribution in [0.1, 0.15) is 24.3 Å². The smallest absolute Gasteiger partial charge is 0.395 e. The number of carbonyl (C=O) groups is 1. The van der Waals surface area contributed by atoms with Gasteiger partial charge >= 0.3 is 5.97 Å². The molecule has 1 aromatic carbocycles. The summed E-state index contributed by atoms with van der Waals surface area (Å²) in [6, 6.07) is 5.90. The molecule has 0 atom stereocenters. The molecule has 0 bridgehead atoms. The molecule has 2 rings (SSSR count). The van der Waals surface area contributed by atoms with Gasteiger partial charge in [0.05, 0.1) is 0 Å². The second-order valence-electron chi connectivity index (χ2n) is 2.82. The minimum Gasteiger partial charge on any atom is -0.508 e. The topological polar surface area (TPSA) is 62.3 Å². The zero-order valence-corrected chi connectivity index (χ0v) is 8.95. The predicted molar refractivity (Wildman–Crippen MR) is 57.8 cm³/mol. The van der Waals surface area contributed by atoms with Crippen LogP contribution in [0.15, 0.2) is 24.3 Å². The van der Waals surface area contributed by atoms with Crippen LogP contribution in [0, 0.1) is 0 Å². The first-order chi connectivity index (χ1) is 7.70. The maximum atomic E-state index is 11.6. The van der Waals surface area contributed by atoms with Crippen molar-refractivity contribution in [3.63, 3.8) is 0 Å². The molecule has 0 saturated heterocycles. The molecule has 1 heterocycles. The van der Waals surface area contributed by atoms with E-state index in [0.29, 0.717) is 10.9 Å². The monoisotopic (exact) mass is 225 g/mol. The van der Waals surface area contributed by atoms with E-state index < -0.39 is 5.97 Å². The van der Waals surface area contributed by atoms with Crippen molar-refractivity contribution in [2.75, 3.05) is 0 Å². The third-order valence-corrected chi connectivity index (χ3v) is 1.89. The number of aromatic nitrogens is 1. The van der Waals surface area contributed by atoms with Crippen molar-refractivity contribution in [2.45, 2.75) is 13.8 Å². The summed E-state index contributed by atoms with van der Waals surface area (Å²) in [5.41, 5.74) is 0.635. The number of aromatic amines is 1. The molecule has 86 valence electrons. The summed E-state index contributed by atoms with van der Waals surface area (Å²) in [4.78, 5) is 16.5. The van der Waals surface area contributed by atoms with E-state index in [1.807, 2.05) is 13.8 Å². The Bertz CT molecular complexity index is 493. The molecule has 0 amide bonds. The standard InChI is InChI=1S/C9H6FNO3.C2H6/c10-14-9(13)8-4-5-3-6(12)1-2-7(5)11-8;1-2/h1-4,11-12H;1-2H3. The third kappa shape index (κ3) is 2.31. The van der Waals surface area contributed by atoms with Crippen LogP contribution in [-0.2, 0) is 4.94 Å². The lowest BCUT2D eigenvalue weighted by Gasteiger charge is -1.89. The Kier molecular flexibility index (Phi) is 3.88. The molecule has 0 aliphatic carbocycles. The zero-order chi connectivity index (χ0) is 12.1. The van der Waals surface area contributed by atoms with E-state index in [1.54, 1.807) is 6.07 Å². The lowest BCUT2D eigenvalue weighted by molar-refractivity contribution is -0.0792. The molecule has 2 aromatic rings. The molecule has 1 aromatic heterocycles.